The Morgan fingerprint density at radius 2 is 0.862 bits per heavy atom. The number of halogens is 2. The Labute approximate surface area is 193 Å². The van der Waals surface area contributed by atoms with Gasteiger partial charge in [-0.3, -0.25) is 0 Å². The van der Waals surface area contributed by atoms with E-state index in [-0.39, 0.29) is 28.2 Å². The predicted octanol–water partition coefficient (Wildman–Crippen LogP) is 4.97. The van der Waals surface area contributed by atoms with Gasteiger partial charge in [0.25, 0.3) is 0 Å². The molecule has 29 heavy (non-hydrogen) atoms. The summed E-state index contributed by atoms with van der Waals surface area (Å²) < 4.78 is 0. The minimum atomic E-state index is 0. The van der Waals surface area contributed by atoms with Crippen LogP contribution in [0.1, 0.15) is 0 Å². The van der Waals surface area contributed by atoms with E-state index in [1.807, 2.05) is 51.4 Å². The quantitative estimate of drug-likeness (QED) is 0.337. The van der Waals surface area contributed by atoms with Crippen molar-refractivity contribution in [1.82, 2.24) is 0 Å². The molecule has 140 valence electrons. The van der Waals surface area contributed by atoms with Gasteiger partial charge in [0.2, 0.25) is 0 Å². The fraction of sp³-hybridized carbons (Fsp3) is 0. The van der Waals surface area contributed by atoms with E-state index in [9.17, 15) is 0 Å². The van der Waals surface area contributed by atoms with Gasteiger partial charge in [0.15, 0.2) is 0 Å². The Morgan fingerprint density at radius 3 is 1.10 bits per heavy atom. The monoisotopic (exact) mass is 458 g/mol. The summed E-state index contributed by atoms with van der Waals surface area (Å²) in [5.74, 6) is 1.75. The van der Waals surface area contributed by atoms with Crippen LogP contribution >= 0.6 is 23.2 Å². The van der Waals surface area contributed by atoms with Gasteiger partial charge < -0.3 is 0 Å². The molecule has 0 aliphatic heterocycles. The van der Waals surface area contributed by atoms with E-state index in [2.05, 4.69) is 0 Å². The van der Waals surface area contributed by atoms with Gasteiger partial charge >= 0.3 is 17.1 Å². The summed E-state index contributed by atoms with van der Waals surface area (Å²) >= 11 is 11.8. The second-order valence-electron chi connectivity index (χ2n) is 4.98. The second kappa shape index (κ2) is 15.9. The Kier molecular flexibility index (Phi) is 14.8. The predicted molar refractivity (Wildman–Crippen MR) is 107 cm³/mol. The Hall–Kier alpha value is -1.98. The molecule has 0 atom stereocenters. The summed E-state index contributed by atoms with van der Waals surface area (Å²) in [6.45, 7) is 0. The van der Waals surface area contributed by atoms with Gasteiger partial charge in [0.1, 0.15) is 35.4 Å². The summed E-state index contributed by atoms with van der Waals surface area (Å²) in [7, 11) is 0. The molecule has 0 aromatic rings. The molecule has 0 amide bonds. The molecule has 4 nitrogen and oxygen atoms in total. The molecule has 2 fully saturated rings. The molecule has 0 N–H and O–H groups in total. The molecule has 0 aromatic heterocycles. The van der Waals surface area contributed by atoms with Crippen molar-refractivity contribution >= 4 is 23.2 Å². The average Bonchev–Trinajstić information content (AvgIpc) is 3.44. The van der Waals surface area contributed by atoms with Crippen LogP contribution in [0.25, 0.3) is 0 Å². The van der Waals surface area contributed by atoms with Crippen molar-refractivity contribution in [2.45, 2.75) is 0 Å². The zero-order chi connectivity index (χ0) is 20.8. The smallest absolute Gasteiger partial charge is 0.192 e. The normalized spacial score (nSPS) is 16.6. The summed E-state index contributed by atoms with van der Waals surface area (Å²) in [4.78, 5) is 0. The Morgan fingerprint density at radius 1 is 0.586 bits per heavy atom. The van der Waals surface area contributed by atoms with Crippen LogP contribution in [0.3, 0.4) is 0 Å². The van der Waals surface area contributed by atoms with Gasteiger partial charge in [0, 0.05) is 21.9 Å². The maximum Gasteiger partial charge on any atom is 2.00 e. The van der Waals surface area contributed by atoms with Gasteiger partial charge in [-0.1, -0.05) is 23.2 Å². The first-order valence-electron chi connectivity index (χ1n) is 7.75. The summed E-state index contributed by atoms with van der Waals surface area (Å²) in [5, 5.41) is 34.8. The van der Waals surface area contributed by atoms with Crippen LogP contribution in [-0.2, 0) is 17.1 Å². The van der Waals surface area contributed by atoms with E-state index in [0.29, 0.717) is 10.1 Å². The van der Waals surface area contributed by atoms with Crippen molar-refractivity contribution < 1.29 is 17.1 Å². The molecule has 2 rings (SSSR count). The van der Waals surface area contributed by atoms with E-state index >= 15 is 0 Å². The zero-order valence-corrected chi connectivity index (χ0v) is 17.4. The van der Waals surface area contributed by atoms with E-state index in [1.165, 1.54) is 12.2 Å². The Bertz CT molecular complexity index is 715. The van der Waals surface area contributed by atoms with Crippen molar-refractivity contribution in [3.05, 3.63) is 109 Å². The van der Waals surface area contributed by atoms with E-state index in [1.54, 1.807) is 36.4 Å². The number of nitriles is 4. The molecule has 0 aromatic carbocycles. The fourth-order valence-corrected chi connectivity index (χ4v) is 2.15. The van der Waals surface area contributed by atoms with E-state index in [0.717, 1.165) is 11.8 Å². The molecule has 0 bridgehead atoms. The molecule has 0 unspecified atom stereocenters. The topological polar surface area (TPSA) is 95.2 Å². The van der Waals surface area contributed by atoms with Crippen LogP contribution in [0, 0.1) is 109 Å². The van der Waals surface area contributed by atoms with Gasteiger partial charge in [0.05, 0.1) is 0 Å². The van der Waals surface area contributed by atoms with E-state index < -0.39 is 0 Å². The average molecular weight is 459 g/mol. The van der Waals surface area contributed by atoms with Crippen LogP contribution in [-0.4, -0.2) is 0 Å². The third-order valence-corrected chi connectivity index (χ3v) is 3.84. The third-order valence-electron chi connectivity index (χ3n) is 3.15. The number of hydrogen-bond donors (Lipinski definition) is 0. The van der Waals surface area contributed by atoms with Crippen molar-refractivity contribution in [1.29, 1.82) is 21.0 Å². The molecule has 7 heteroatoms. The second-order valence-corrected chi connectivity index (χ2v) is 5.80. The van der Waals surface area contributed by atoms with E-state index in [4.69, 9.17) is 44.2 Å². The first-order valence-corrected chi connectivity index (χ1v) is 8.50. The number of rotatable bonds is 4. The molecule has 2 saturated carbocycles. The first-order chi connectivity index (χ1) is 13.5. The molecule has 0 saturated heterocycles. The maximum atomic E-state index is 8.46. The molecule has 0 spiro atoms. The fourth-order valence-electron chi connectivity index (χ4n) is 1.77. The van der Waals surface area contributed by atoms with Crippen LogP contribution < -0.4 is 0 Å². The molecule has 10 radical (unpaired) electrons. The molecular formula is C22H12Cl2FeN4+2. The van der Waals surface area contributed by atoms with Gasteiger partial charge in [-0.25, -0.2) is 0 Å². The standard InChI is InChI=1S/2C11H6ClN2.Fe/c2*12-11(10-3-1-2-4-10)6-5-9(7-13)8-14;/h2*1-6H;/q;;+2/b2*11-6-;. The molecule has 2 aliphatic carbocycles. The summed E-state index contributed by atoms with van der Waals surface area (Å²) in [5.41, 5.74) is 0.0735. The largest absolute Gasteiger partial charge is 2.00 e. The van der Waals surface area contributed by atoms with Gasteiger partial charge in [-0.2, -0.15) is 21.0 Å². The van der Waals surface area contributed by atoms with Crippen molar-refractivity contribution in [2.75, 3.05) is 0 Å². The maximum absolute atomic E-state index is 8.46. The SMILES string of the molecule is N#CC(C#N)=C/C=C(\Cl)[C]1[CH][CH][CH][CH]1.N#CC(C#N)=C/C=C(\Cl)[C]1[CH][CH][CH][CH]1.[Fe+2]. The number of hydrogen-bond acceptors (Lipinski definition) is 4. The zero-order valence-electron chi connectivity index (χ0n) is 14.8. The Balaban J connectivity index is 0.000000523. The van der Waals surface area contributed by atoms with Gasteiger partial charge in [-0.15, -0.1) is 0 Å². The van der Waals surface area contributed by atoms with Crippen molar-refractivity contribution in [2.24, 2.45) is 0 Å². The molecule has 0 heterocycles. The molecular weight excluding hydrogens is 447 g/mol. The third kappa shape index (κ3) is 10.4. The van der Waals surface area contributed by atoms with Gasteiger partial charge in [-0.05, 0) is 75.7 Å². The summed E-state index contributed by atoms with van der Waals surface area (Å²) in [6, 6.07) is 7.00. The number of allylic oxidation sites excluding steroid dienone is 8. The van der Waals surface area contributed by atoms with Crippen LogP contribution in [0.2, 0.25) is 0 Å². The van der Waals surface area contributed by atoms with Crippen LogP contribution in [0.5, 0.6) is 0 Å². The summed E-state index contributed by atoms with van der Waals surface area (Å²) in [6.07, 6.45) is 20.7. The minimum Gasteiger partial charge on any atom is -0.192 e. The number of nitrogens with zero attached hydrogens (tertiary/aromatic N) is 4. The van der Waals surface area contributed by atoms with Crippen molar-refractivity contribution in [3.8, 4) is 24.3 Å². The molecule has 2 aliphatic rings. The van der Waals surface area contributed by atoms with Crippen LogP contribution in [0.4, 0.5) is 0 Å². The van der Waals surface area contributed by atoms with Crippen LogP contribution in [0.15, 0.2) is 45.5 Å². The minimum absolute atomic E-state index is 0. The van der Waals surface area contributed by atoms with Crippen molar-refractivity contribution in [3.63, 3.8) is 0 Å². The first kappa shape index (κ1) is 27.0.